The topological polar surface area (TPSA) is 74.9 Å². The average Bonchev–Trinajstić information content (AvgIpc) is 3.21. The minimum absolute atomic E-state index is 0.268. The molecule has 3 heterocycles. The molecule has 148 valence electrons. The van der Waals surface area contributed by atoms with Crippen molar-refractivity contribution in [3.05, 3.63) is 53.7 Å². The van der Waals surface area contributed by atoms with Gasteiger partial charge in [0, 0.05) is 23.5 Å². The van der Waals surface area contributed by atoms with E-state index >= 15 is 0 Å². The summed E-state index contributed by atoms with van der Waals surface area (Å²) < 4.78 is 10.6. The van der Waals surface area contributed by atoms with Crippen molar-refractivity contribution in [3.63, 3.8) is 0 Å². The van der Waals surface area contributed by atoms with Gasteiger partial charge in [-0.15, -0.1) is 0 Å². The van der Waals surface area contributed by atoms with Crippen LogP contribution in [0.2, 0.25) is 0 Å². The number of urea groups is 1. The number of H-pyrrole nitrogens is 1. The van der Waals surface area contributed by atoms with Crippen molar-refractivity contribution in [2.75, 3.05) is 25.7 Å². The summed E-state index contributed by atoms with van der Waals surface area (Å²) in [6.07, 6.45) is 0.670. The Morgan fingerprint density at radius 2 is 1.79 bits per heavy atom. The van der Waals surface area contributed by atoms with Crippen LogP contribution in [0.1, 0.15) is 18.2 Å². The van der Waals surface area contributed by atoms with Crippen molar-refractivity contribution in [2.24, 2.45) is 0 Å². The summed E-state index contributed by atoms with van der Waals surface area (Å²) in [7, 11) is 3.19. The van der Waals surface area contributed by atoms with E-state index in [9.17, 15) is 9.59 Å². The lowest BCUT2D eigenvalue weighted by molar-refractivity contribution is -0.125. The molecule has 0 radical (unpaired) electrons. The van der Waals surface area contributed by atoms with Gasteiger partial charge in [-0.3, -0.25) is 4.79 Å². The normalized spacial score (nSPS) is 20.8. The van der Waals surface area contributed by atoms with Gasteiger partial charge in [-0.2, -0.15) is 0 Å². The predicted octanol–water partition coefficient (Wildman–Crippen LogP) is 3.43. The van der Waals surface area contributed by atoms with Gasteiger partial charge in [-0.1, -0.05) is 6.07 Å². The molecule has 29 heavy (non-hydrogen) atoms. The Labute approximate surface area is 167 Å². The van der Waals surface area contributed by atoms with Crippen molar-refractivity contribution >= 4 is 28.5 Å². The fourth-order valence-electron chi connectivity index (χ4n) is 4.52. The molecule has 1 aromatic heterocycles. The summed E-state index contributed by atoms with van der Waals surface area (Å²) >= 11 is 0. The first kappa shape index (κ1) is 17.6. The molecule has 2 aliphatic heterocycles. The number of imide groups is 1. The van der Waals surface area contributed by atoms with Crippen molar-refractivity contribution in [1.82, 2.24) is 9.88 Å². The maximum Gasteiger partial charge on any atom is 0.332 e. The van der Waals surface area contributed by atoms with Crippen LogP contribution < -0.4 is 14.4 Å². The maximum atomic E-state index is 13.6. The first-order valence-corrected chi connectivity index (χ1v) is 9.48. The number of hydrogen-bond acceptors (Lipinski definition) is 4. The molecule has 1 N–H and O–H groups in total. The van der Waals surface area contributed by atoms with Crippen LogP contribution in [0.4, 0.5) is 10.5 Å². The lowest BCUT2D eigenvalue weighted by Gasteiger charge is -2.35. The van der Waals surface area contributed by atoms with E-state index in [1.54, 1.807) is 43.4 Å². The SMILES string of the molecule is COc1cccc(N2C(=O)N3CCc4c([nH]c5ccc(OC)cc45)C3(C)C2=O)c1. The van der Waals surface area contributed by atoms with Gasteiger partial charge in [0.15, 0.2) is 5.54 Å². The number of aromatic amines is 1. The van der Waals surface area contributed by atoms with Crippen molar-refractivity contribution in [2.45, 2.75) is 18.9 Å². The predicted molar refractivity (Wildman–Crippen MR) is 108 cm³/mol. The van der Waals surface area contributed by atoms with Gasteiger partial charge >= 0.3 is 6.03 Å². The third-order valence-corrected chi connectivity index (χ3v) is 6.08. The van der Waals surface area contributed by atoms with E-state index in [1.165, 1.54) is 4.90 Å². The highest BCUT2D eigenvalue weighted by Crippen LogP contribution is 2.45. The fourth-order valence-corrected chi connectivity index (χ4v) is 4.52. The van der Waals surface area contributed by atoms with Crippen LogP contribution >= 0.6 is 0 Å². The number of amides is 3. The van der Waals surface area contributed by atoms with E-state index < -0.39 is 5.54 Å². The number of methoxy groups -OCH3 is 2. The minimum atomic E-state index is -1.08. The third-order valence-electron chi connectivity index (χ3n) is 6.08. The molecule has 0 bridgehead atoms. The Balaban J connectivity index is 1.66. The molecule has 1 saturated heterocycles. The average molecular weight is 391 g/mol. The number of nitrogens with zero attached hydrogens (tertiary/aromatic N) is 2. The molecule has 0 spiro atoms. The second-order valence-electron chi connectivity index (χ2n) is 7.49. The van der Waals surface area contributed by atoms with Crippen LogP contribution in [-0.4, -0.2) is 42.6 Å². The Bertz CT molecular complexity index is 1170. The number of carbonyl (C=O) groups is 2. The van der Waals surface area contributed by atoms with E-state index in [2.05, 4.69) is 4.98 Å². The summed E-state index contributed by atoms with van der Waals surface area (Å²) in [5.41, 5.74) is 2.19. The smallest absolute Gasteiger partial charge is 0.332 e. The second-order valence-corrected chi connectivity index (χ2v) is 7.49. The highest BCUT2D eigenvalue weighted by molar-refractivity contribution is 6.23. The molecule has 1 fully saturated rings. The summed E-state index contributed by atoms with van der Waals surface area (Å²) in [4.78, 5) is 33.2. The van der Waals surface area contributed by atoms with Crippen molar-refractivity contribution in [3.8, 4) is 11.5 Å². The van der Waals surface area contributed by atoms with E-state index in [4.69, 9.17) is 9.47 Å². The number of anilines is 1. The fraction of sp³-hybridized carbons (Fsp3) is 0.273. The third kappa shape index (κ3) is 2.24. The molecular formula is C22H21N3O4. The first-order valence-electron chi connectivity index (χ1n) is 9.48. The summed E-state index contributed by atoms with van der Waals surface area (Å²) in [6.45, 7) is 2.29. The van der Waals surface area contributed by atoms with Gasteiger partial charge in [0.25, 0.3) is 5.91 Å². The summed E-state index contributed by atoms with van der Waals surface area (Å²) in [5.74, 6) is 1.09. The Kier molecular flexibility index (Phi) is 3.65. The van der Waals surface area contributed by atoms with Gasteiger partial charge in [-0.05, 0) is 49.2 Å². The zero-order valence-electron chi connectivity index (χ0n) is 16.5. The van der Waals surface area contributed by atoms with E-state index in [0.29, 0.717) is 24.4 Å². The van der Waals surface area contributed by atoms with E-state index in [0.717, 1.165) is 27.9 Å². The van der Waals surface area contributed by atoms with Gasteiger partial charge < -0.3 is 19.4 Å². The largest absolute Gasteiger partial charge is 0.497 e. The maximum absolute atomic E-state index is 13.6. The monoisotopic (exact) mass is 391 g/mol. The molecule has 3 amide bonds. The molecular weight excluding hydrogens is 370 g/mol. The summed E-state index contributed by atoms with van der Waals surface area (Å²) in [6, 6.07) is 12.5. The van der Waals surface area contributed by atoms with Gasteiger partial charge in [0.05, 0.1) is 25.6 Å². The zero-order chi connectivity index (χ0) is 20.3. The number of rotatable bonds is 3. The molecule has 7 nitrogen and oxygen atoms in total. The minimum Gasteiger partial charge on any atom is -0.497 e. The van der Waals surface area contributed by atoms with E-state index in [1.807, 2.05) is 25.1 Å². The Morgan fingerprint density at radius 1 is 1.03 bits per heavy atom. The highest BCUT2D eigenvalue weighted by Gasteiger charge is 2.59. The van der Waals surface area contributed by atoms with Crippen LogP contribution in [0.15, 0.2) is 42.5 Å². The molecule has 1 unspecified atom stereocenters. The molecule has 2 aliphatic rings. The second kappa shape index (κ2) is 6.01. The van der Waals surface area contributed by atoms with Crippen LogP contribution in [0, 0.1) is 0 Å². The molecule has 5 rings (SSSR count). The molecule has 3 aromatic rings. The number of fused-ring (bicyclic) bond motifs is 5. The van der Waals surface area contributed by atoms with Crippen LogP contribution in [0.3, 0.4) is 0 Å². The molecule has 0 aliphatic carbocycles. The quantitative estimate of drug-likeness (QED) is 0.694. The van der Waals surface area contributed by atoms with Gasteiger partial charge in [0.1, 0.15) is 11.5 Å². The van der Waals surface area contributed by atoms with E-state index in [-0.39, 0.29) is 11.9 Å². The van der Waals surface area contributed by atoms with Crippen LogP contribution in [0.25, 0.3) is 10.9 Å². The highest BCUT2D eigenvalue weighted by atomic mass is 16.5. The number of carbonyl (C=O) groups excluding carboxylic acids is 2. The lowest BCUT2D eigenvalue weighted by atomic mass is 9.87. The Hall–Kier alpha value is -3.48. The number of ether oxygens (including phenoxy) is 2. The number of nitrogens with one attached hydrogen (secondary N) is 1. The first-order chi connectivity index (χ1) is 14.0. The van der Waals surface area contributed by atoms with Crippen LogP contribution in [0.5, 0.6) is 11.5 Å². The molecule has 0 saturated carbocycles. The molecule has 7 heteroatoms. The van der Waals surface area contributed by atoms with Gasteiger partial charge in [0.2, 0.25) is 0 Å². The van der Waals surface area contributed by atoms with Gasteiger partial charge in [-0.25, -0.2) is 9.69 Å². The standard InChI is InChI=1S/C22H21N3O4/c1-22-19-16(17-12-15(29-3)7-8-18(17)23-19)9-10-24(22)21(27)25(20(22)26)13-5-4-6-14(11-13)28-2/h4-8,11-12,23H,9-10H2,1-3H3. The zero-order valence-corrected chi connectivity index (χ0v) is 16.5. The molecule has 2 aromatic carbocycles. The molecule has 1 atom stereocenters. The number of hydrogen-bond donors (Lipinski definition) is 1. The van der Waals surface area contributed by atoms with Crippen molar-refractivity contribution in [1.29, 1.82) is 0 Å². The number of benzene rings is 2. The number of aromatic nitrogens is 1. The Morgan fingerprint density at radius 3 is 2.55 bits per heavy atom. The van der Waals surface area contributed by atoms with Crippen LogP contribution in [-0.2, 0) is 16.8 Å². The van der Waals surface area contributed by atoms with Crippen molar-refractivity contribution < 1.29 is 19.1 Å². The summed E-state index contributed by atoms with van der Waals surface area (Å²) in [5, 5.41) is 1.03. The lowest BCUT2D eigenvalue weighted by Crippen LogP contribution is -2.49.